The molecule has 1 amide bonds. The molecule has 2 rings (SSSR count). The lowest BCUT2D eigenvalue weighted by atomic mass is 10.1. The minimum atomic E-state index is -0.883. The molecule has 7 heteroatoms. The summed E-state index contributed by atoms with van der Waals surface area (Å²) in [4.78, 5) is 26.2. The summed E-state index contributed by atoms with van der Waals surface area (Å²) in [7, 11) is 0. The third kappa shape index (κ3) is 3.46. The van der Waals surface area contributed by atoms with Gasteiger partial charge in [0.25, 0.3) is 5.91 Å². The Hall–Kier alpha value is -1.66. The normalized spacial score (nSPS) is 16.2. The van der Waals surface area contributed by atoms with E-state index in [1.807, 2.05) is 0 Å². The number of rotatable bonds is 3. The van der Waals surface area contributed by atoms with Crippen molar-refractivity contribution < 1.29 is 19.1 Å². The fraction of sp³-hybridized carbons (Fsp3) is 0.385. The van der Waals surface area contributed by atoms with Crippen LogP contribution in [0, 0.1) is 5.82 Å². The molecule has 0 saturated carbocycles. The fourth-order valence-electron chi connectivity index (χ4n) is 2.13. The first-order valence-electron chi connectivity index (χ1n) is 6.16. The molecule has 20 heavy (non-hydrogen) atoms. The standard InChI is InChI=1S/C13H14ClFN2O3/c14-11-7-9(15)1-2-10(11)13(20)17-5-3-16(4-6-17)8-12(18)19/h1-2,7H,3-6,8H2,(H,18,19). The molecule has 1 saturated heterocycles. The monoisotopic (exact) mass is 300 g/mol. The third-order valence-corrected chi connectivity index (χ3v) is 3.49. The molecule has 0 unspecified atom stereocenters. The van der Waals surface area contributed by atoms with Gasteiger partial charge in [0.1, 0.15) is 5.82 Å². The van der Waals surface area contributed by atoms with Gasteiger partial charge in [-0.25, -0.2) is 4.39 Å². The zero-order chi connectivity index (χ0) is 14.7. The smallest absolute Gasteiger partial charge is 0.317 e. The van der Waals surface area contributed by atoms with Crippen molar-refractivity contribution in [1.82, 2.24) is 9.80 Å². The third-order valence-electron chi connectivity index (χ3n) is 3.18. The van der Waals surface area contributed by atoms with Crippen LogP contribution in [0.15, 0.2) is 18.2 Å². The second-order valence-electron chi connectivity index (χ2n) is 4.59. The Morgan fingerprint density at radius 2 is 1.90 bits per heavy atom. The quantitative estimate of drug-likeness (QED) is 0.914. The van der Waals surface area contributed by atoms with Crippen LogP contribution in [0.5, 0.6) is 0 Å². The second kappa shape index (κ2) is 6.19. The van der Waals surface area contributed by atoms with Gasteiger partial charge < -0.3 is 10.0 Å². The average molecular weight is 301 g/mol. The molecule has 0 radical (unpaired) electrons. The number of piperazine rings is 1. The fourth-order valence-corrected chi connectivity index (χ4v) is 2.38. The number of carboxylic acids is 1. The van der Waals surface area contributed by atoms with Crippen molar-refractivity contribution in [2.75, 3.05) is 32.7 Å². The number of amides is 1. The number of carboxylic acid groups (broad SMARTS) is 1. The van der Waals surface area contributed by atoms with E-state index in [0.29, 0.717) is 26.2 Å². The lowest BCUT2D eigenvalue weighted by molar-refractivity contribution is -0.138. The van der Waals surface area contributed by atoms with Crippen molar-refractivity contribution in [3.63, 3.8) is 0 Å². The van der Waals surface area contributed by atoms with E-state index in [4.69, 9.17) is 16.7 Å². The zero-order valence-electron chi connectivity index (χ0n) is 10.7. The molecule has 1 aromatic carbocycles. The summed E-state index contributed by atoms with van der Waals surface area (Å²) in [5.74, 6) is -1.63. The number of carbonyl (C=O) groups excluding carboxylic acids is 1. The number of carbonyl (C=O) groups is 2. The first kappa shape index (κ1) is 14.7. The second-order valence-corrected chi connectivity index (χ2v) is 4.99. The first-order chi connectivity index (χ1) is 9.47. The summed E-state index contributed by atoms with van der Waals surface area (Å²) in [6, 6.07) is 3.67. The summed E-state index contributed by atoms with van der Waals surface area (Å²) in [6.45, 7) is 1.83. The SMILES string of the molecule is O=C(O)CN1CCN(C(=O)c2ccc(F)cc2Cl)CC1. The van der Waals surface area contributed by atoms with Crippen molar-refractivity contribution in [2.24, 2.45) is 0 Å². The lowest BCUT2D eigenvalue weighted by Crippen LogP contribution is -2.49. The van der Waals surface area contributed by atoms with Crippen LogP contribution in [-0.4, -0.2) is 59.5 Å². The number of aliphatic carboxylic acids is 1. The van der Waals surface area contributed by atoms with Crippen LogP contribution in [-0.2, 0) is 4.79 Å². The van der Waals surface area contributed by atoms with E-state index in [1.165, 1.54) is 12.1 Å². The van der Waals surface area contributed by atoms with Crippen LogP contribution < -0.4 is 0 Å². The maximum atomic E-state index is 13.0. The molecule has 1 heterocycles. The highest BCUT2D eigenvalue weighted by Gasteiger charge is 2.24. The Morgan fingerprint density at radius 3 is 2.45 bits per heavy atom. The van der Waals surface area contributed by atoms with Crippen LogP contribution in [0.4, 0.5) is 4.39 Å². The van der Waals surface area contributed by atoms with Crippen LogP contribution in [0.2, 0.25) is 5.02 Å². The van der Waals surface area contributed by atoms with E-state index >= 15 is 0 Å². The van der Waals surface area contributed by atoms with Gasteiger partial charge in [-0.15, -0.1) is 0 Å². The van der Waals surface area contributed by atoms with Gasteiger partial charge in [-0.3, -0.25) is 14.5 Å². The highest BCUT2D eigenvalue weighted by Crippen LogP contribution is 2.19. The number of halogens is 2. The summed E-state index contributed by atoms with van der Waals surface area (Å²) in [6.07, 6.45) is 0. The molecule has 1 aromatic rings. The minimum absolute atomic E-state index is 0.0284. The first-order valence-corrected chi connectivity index (χ1v) is 6.53. The van der Waals surface area contributed by atoms with Gasteiger partial charge in [0.05, 0.1) is 17.1 Å². The van der Waals surface area contributed by atoms with Gasteiger partial charge in [-0.05, 0) is 18.2 Å². The van der Waals surface area contributed by atoms with E-state index in [9.17, 15) is 14.0 Å². The van der Waals surface area contributed by atoms with E-state index in [1.54, 1.807) is 9.80 Å². The molecule has 0 atom stereocenters. The Balaban J connectivity index is 1.99. The molecule has 0 bridgehead atoms. The predicted molar refractivity (Wildman–Crippen MR) is 71.4 cm³/mol. The molecule has 1 aliphatic heterocycles. The number of hydrogen-bond donors (Lipinski definition) is 1. The summed E-state index contributed by atoms with van der Waals surface area (Å²) < 4.78 is 13.0. The Labute approximate surface area is 120 Å². The molecule has 1 aliphatic rings. The number of benzene rings is 1. The zero-order valence-corrected chi connectivity index (χ0v) is 11.4. The van der Waals surface area contributed by atoms with Crippen molar-refractivity contribution in [1.29, 1.82) is 0 Å². The van der Waals surface area contributed by atoms with Crippen LogP contribution >= 0.6 is 11.6 Å². The summed E-state index contributed by atoms with van der Waals surface area (Å²) in [5.41, 5.74) is 0.264. The molecule has 5 nitrogen and oxygen atoms in total. The van der Waals surface area contributed by atoms with Crippen LogP contribution in [0.1, 0.15) is 10.4 Å². The largest absolute Gasteiger partial charge is 0.480 e. The summed E-state index contributed by atoms with van der Waals surface area (Å²) >= 11 is 5.87. The molecule has 0 aliphatic carbocycles. The molecule has 0 spiro atoms. The summed E-state index contributed by atoms with van der Waals surface area (Å²) in [5, 5.41) is 8.79. The predicted octanol–water partition coefficient (Wildman–Crippen LogP) is 1.32. The molecule has 0 aromatic heterocycles. The van der Waals surface area contributed by atoms with Crippen LogP contribution in [0.25, 0.3) is 0 Å². The Kier molecular flexibility index (Phi) is 4.57. The molecule has 1 N–H and O–H groups in total. The van der Waals surface area contributed by atoms with E-state index in [-0.39, 0.29) is 23.0 Å². The number of nitrogens with zero attached hydrogens (tertiary/aromatic N) is 2. The van der Waals surface area contributed by atoms with Gasteiger partial charge in [-0.1, -0.05) is 11.6 Å². The average Bonchev–Trinajstić information content (AvgIpc) is 2.38. The van der Waals surface area contributed by atoms with Crippen molar-refractivity contribution >= 4 is 23.5 Å². The van der Waals surface area contributed by atoms with E-state index in [2.05, 4.69) is 0 Å². The maximum Gasteiger partial charge on any atom is 0.317 e. The number of hydrogen-bond acceptors (Lipinski definition) is 3. The Morgan fingerprint density at radius 1 is 1.25 bits per heavy atom. The lowest BCUT2D eigenvalue weighted by Gasteiger charge is -2.34. The van der Waals surface area contributed by atoms with Crippen molar-refractivity contribution in [3.8, 4) is 0 Å². The van der Waals surface area contributed by atoms with Gasteiger partial charge in [0.15, 0.2) is 0 Å². The highest BCUT2D eigenvalue weighted by atomic mass is 35.5. The van der Waals surface area contributed by atoms with Gasteiger partial charge in [0, 0.05) is 26.2 Å². The molecular weight excluding hydrogens is 287 g/mol. The minimum Gasteiger partial charge on any atom is -0.480 e. The highest BCUT2D eigenvalue weighted by molar-refractivity contribution is 6.33. The van der Waals surface area contributed by atoms with E-state index in [0.717, 1.165) is 6.07 Å². The maximum absolute atomic E-state index is 13.0. The Bertz CT molecular complexity index is 530. The van der Waals surface area contributed by atoms with Crippen molar-refractivity contribution in [2.45, 2.75) is 0 Å². The van der Waals surface area contributed by atoms with Gasteiger partial charge in [-0.2, -0.15) is 0 Å². The molecule has 1 fully saturated rings. The molecular formula is C13H14ClFN2O3. The van der Waals surface area contributed by atoms with E-state index < -0.39 is 11.8 Å². The van der Waals surface area contributed by atoms with Gasteiger partial charge >= 0.3 is 5.97 Å². The topological polar surface area (TPSA) is 60.9 Å². The molecule has 108 valence electrons. The van der Waals surface area contributed by atoms with Gasteiger partial charge in [0.2, 0.25) is 0 Å². The van der Waals surface area contributed by atoms with Crippen LogP contribution in [0.3, 0.4) is 0 Å². The van der Waals surface area contributed by atoms with Crippen molar-refractivity contribution in [3.05, 3.63) is 34.6 Å².